The molecule has 1 aromatic heterocycles. The van der Waals surface area contributed by atoms with Crippen molar-refractivity contribution in [1.29, 1.82) is 0 Å². The Morgan fingerprint density at radius 3 is 2.50 bits per heavy atom. The van der Waals surface area contributed by atoms with Gasteiger partial charge in [0.05, 0.1) is 0 Å². The van der Waals surface area contributed by atoms with Gasteiger partial charge in [0.2, 0.25) is 5.91 Å². The van der Waals surface area contributed by atoms with E-state index in [2.05, 4.69) is 15.2 Å². The van der Waals surface area contributed by atoms with Gasteiger partial charge >= 0.3 is 0 Å². The lowest BCUT2D eigenvalue weighted by Crippen LogP contribution is -2.49. The number of pyridine rings is 1. The third-order valence-electron chi connectivity index (χ3n) is 4.12. The maximum atomic E-state index is 12.3. The Bertz CT molecular complexity index is 654. The van der Waals surface area contributed by atoms with Crippen LogP contribution in [0, 0.1) is 0 Å². The molecule has 24 heavy (non-hydrogen) atoms. The van der Waals surface area contributed by atoms with Gasteiger partial charge in [-0.15, -0.1) is 0 Å². The molecule has 0 saturated carbocycles. The first kappa shape index (κ1) is 16.6. The number of nitrogens with one attached hydrogen (secondary N) is 1. The zero-order valence-electron chi connectivity index (χ0n) is 13.5. The SMILES string of the molecule is O=C(CCNc1ccc(Cl)cc1)N1CCN(c2ccccn2)CC1. The number of anilines is 2. The molecule has 0 aliphatic carbocycles. The van der Waals surface area contributed by atoms with Crippen molar-refractivity contribution in [2.24, 2.45) is 0 Å². The molecule has 0 unspecified atom stereocenters. The topological polar surface area (TPSA) is 48.5 Å². The maximum Gasteiger partial charge on any atom is 0.224 e. The molecule has 5 nitrogen and oxygen atoms in total. The monoisotopic (exact) mass is 344 g/mol. The molecule has 6 heteroatoms. The van der Waals surface area contributed by atoms with Crippen LogP contribution in [0.5, 0.6) is 0 Å². The molecule has 1 saturated heterocycles. The van der Waals surface area contributed by atoms with Gasteiger partial charge in [-0.25, -0.2) is 4.98 Å². The number of amides is 1. The Morgan fingerprint density at radius 2 is 1.83 bits per heavy atom. The van der Waals surface area contributed by atoms with E-state index in [9.17, 15) is 4.79 Å². The largest absolute Gasteiger partial charge is 0.385 e. The molecular weight excluding hydrogens is 324 g/mol. The van der Waals surface area contributed by atoms with Crippen LogP contribution in [0.2, 0.25) is 5.02 Å². The number of halogens is 1. The second kappa shape index (κ2) is 8.02. The van der Waals surface area contributed by atoms with Crippen LogP contribution in [0.15, 0.2) is 48.7 Å². The number of nitrogens with zero attached hydrogens (tertiary/aromatic N) is 3. The lowest BCUT2D eigenvalue weighted by molar-refractivity contribution is -0.131. The molecule has 1 aromatic carbocycles. The van der Waals surface area contributed by atoms with Gasteiger partial charge in [-0.3, -0.25) is 4.79 Å². The zero-order valence-corrected chi connectivity index (χ0v) is 14.2. The molecule has 0 bridgehead atoms. The summed E-state index contributed by atoms with van der Waals surface area (Å²) in [7, 11) is 0. The van der Waals surface area contributed by atoms with Crippen molar-refractivity contribution in [3.63, 3.8) is 0 Å². The van der Waals surface area contributed by atoms with E-state index < -0.39 is 0 Å². The highest BCUT2D eigenvalue weighted by atomic mass is 35.5. The molecule has 1 N–H and O–H groups in total. The fraction of sp³-hybridized carbons (Fsp3) is 0.333. The first-order valence-electron chi connectivity index (χ1n) is 8.15. The molecule has 3 rings (SSSR count). The first-order chi connectivity index (χ1) is 11.7. The van der Waals surface area contributed by atoms with Crippen molar-refractivity contribution in [2.45, 2.75) is 6.42 Å². The summed E-state index contributed by atoms with van der Waals surface area (Å²) in [5, 5.41) is 3.96. The van der Waals surface area contributed by atoms with Crippen molar-refractivity contribution in [2.75, 3.05) is 42.9 Å². The van der Waals surface area contributed by atoms with Crippen molar-refractivity contribution in [3.8, 4) is 0 Å². The van der Waals surface area contributed by atoms with Gasteiger partial charge in [-0.05, 0) is 36.4 Å². The van der Waals surface area contributed by atoms with Crippen LogP contribution in [-0.4, -0.2) is 48.5 Å². The Labute approximate surface area is 147 Å². The molecular formula is C18H21ClN4O. The fourth-order valence-corrected chi connectivity index (χ4v) is 2.89. The Hall–Kier alpha value is -2.27. The summed E-state index contributed by atoms with van der Waals surface area (Å²) in [4.78, 5) is 20.8. The van der Waals surface area contributed by atoms with E-state index in [1.165, 1.54) is 0 Å². The average molecular weight is 345 g/mol. The number of rotatable bonds is 5. The van der Waals surface area contributed by atoms with Gasteiger partial charge in [0, 0.05) is 56.1 Å². The van der Waals surface area contributed by atoms with Gasteiger partial charge in [0.1, 0.15) is 5.82 Å². The number of aromatic nitrogens is 1. The highest BCUT2D eigenvalue weighted by Crippen LogP contribution is 2.14. The summed E-state index contributed by atoms with van der Waals surface area (Å²) in [6.07, 6.45) is 2.29. The van der Waals surface area contributed by atoms with E-state index in [0.717, 1.165) is 37.7 Å². The van der Waals surface area contributed by atoms with Gasteiger partial charge in [0.25, 0.3) is 0 Å². The number of hydrogen-bond acceptors (Lipinski definition) is 4. The summed E-state index contributed by atoms with van der Waals surface area (Å²) in [6.45, 7) is 3.77. The second-order valence-corrected chi connectivity index (χ2v) is 6.18. The van der Waals surface area contributed by atoms with Gasteiger partial charge in [-0.1, -0.05) is 17.7 Å². The lowest BCUT2D eigenvalue weighted by atomic mass is 10.2. The number of carbonyl (C=O) groups excluding carboxylic acids is 1. The highest BCUT2D eigenvalue weighted by Gasteiger charge is 2.21. The van der Waals surface area contributed by atoms with E-state index in [0.29, 0.717) is 18.0 Å². The number of hydrogen-bond donors (Lipinski definition) is 1. The minimum absolute atomic E-state index is 0.192. The third kappa shape index (κ3) is 4.38. The molecule has 1 fully saturated rings. The molecule has 0 radical (unpaired) electrons. The van der Waals surface area contributed by atoms with E-state index in [-0.39, 0.29) is 5.91 Å². The molecule has 1 aliphatic rings. The molecule has 0 atom stereocenters. The van der Waals surface area contributed by atoms with E-state index in [4.69, 9.17) is 11.6 Å². The minimum Gasteiger partial charge on any atom is -0.385 e. The van der Waals surface area contributed by atoms with Crippen LogP contribution in [0.3, 0.4) is 0 Å². The second-order valence-electron chi connectivity index (χ2n) is 5.74. The summed E-state index contributed by atoms with van der Waals surface area (Å²) in [5.41, 5.74) is 0.979. The quantitative estimate of drug-likeness (QED) is 0.906. The minimum atomic E-state index is 0.192. The normalized spacial score (nSPS) is 14.5. The van der Waals surface area contributed by atoms with E-state index >= 15 is 0 Å². The smallest absolute Gasteiger partial charge is 0.224 e. The van der Waals surface area contributed by atoms with E-state index in [1.807, 2.05) is 47.4 Å². The Balaban J connectivity index is 1.41. The summed E-state index contributed by atoms with van der Waals surface area (Å²) in [6, 6.07) is 13.4. The van der Waals surface area contributed by atoms with Crippen molar-refractivity contribution in [1.82, 2.24) is 9.88 Å². The van der Waals surface area contributed by atoms with Crippen LogP contribution in [0.25, 0.3) is 0 Å². The number of benzene rings is 1. The van der Waals surface area contributed by atoms with Crippen LogP contribution in [0.1, 0.15) is 6.42 Å². The van der Waals surface area contributed by atoms with Crippen LogP contribution in [0.4, 0.5) is 11.5 Å². The van der Waals surface area contributed by atoms with Gasteiger partial charge in [0.15, 0.2) is 0 Å². The lowest BCUT2D eigenvalue weighted by Gasteiger charge is -2.35. The molecule has 0 spiro atoms. The summed E-state index contributed by atoms with van der Waals surface area (Å²) < 4.78 is 0. The molecule has 2 heterocycles. The number of carbonyl (C=O) groups is 1. The third-order valence-corrected chi connectivity index (χ3v) is 4.37. The molecule has 2 aromatic rings. The zero-order chi connectivity index (χ0) is 16.8. The first-order valence-corrected chi connectivity index (χ1v) is 8.53. The summed E-state index contributed by atoms with van der Waals surface area (Å²) in [5.74, 6) is 1.17. The van der Waals surface area contributed by atoms with Crippen LogP contribution < -0.4 is 10.2 Å². The Kier molecular flexibility index (Phi) is 5.54. The predicted octanol–water partition coefficient (Wildman–Crippen LogP) is 2.89. The van der Waals surface area contributed by atoms with Crippen LogP contribution in [-0.2, 0) is 4.79 Å². The van der Waals surface area contributed by atoms with Gasteiger partial charge < -0.3 is 15.1 Å². The van der Waals surface area contributed by atoms with Crippen molar-refractivity contribution < 1.29 is 4.79 Å². The average Bonchev–Trinajstić information content (AvgIpc) is 2.64. The van der Waals surface area contributed by atoms with E-state index in [1.54, 1.807) is 6.20 Å². The van der Waals surface area contributed by atoms with Gasteiger partial charge in [-0.2, -0.15) is 0 Å². The van der Waals surface area contributed by atoms with Crippen LogP contribution >= 0.6 is 11.6 Å². The standard InChI is InChI=1S/C18H21ClN4O/c19-15-4-6-16(7-5-15)20-10-8-18(24)23-13-11-22(12-14-23)17-3-1-2-9-21-17/h1-7,9,20H,8,10-14H2. The number of piperazine rings is 1. The molecule has 1 amide bonds. The molecule has 126 valence electrons. The Morgan fingerprint density at radius 1 is 1.08 bits per heavy atom. The maximum absolute atomic E-state index is 12.3. The summed E-state index contributed by atoms with van der Waals surface area (Å²) >= 11 is 5.86. The molecule has 1 aliphatic heterocycles. The fourth-order valence-electron chi connectivity index (χ4n) is 2.77. The predicted molar refractivity (Wildman–Crippen MR) is 97.6 cm³/mol. The van der Waals surface area contributed by atoms with Crippen molar-refractivity contribution in [3.05, 3.63) is 53.7 Å². The van der Waals surface area contributed by atoms with Crippen molar-refractivity contribution >= 4 is 29.0 Å². The highest BCUT2D eigenvalue weighted by molar-refractivity contribution is 6.30.